The lowest BCUT2D eigenvalue weighted by molar-refractivity contribution is 0.694. The average molecular weight is 270 g/mol. The number of fused-ring (bicyclic) bond motifs is 1. The van der Waals surface area contributed by atoms with Crippen LogP contribution in [-0.2, 0) is 19.4 Å². The smallest absolute Gasteiger partial charge is 0.0965 e. The number of aromatic nitrogens is 1. The van der Waals surface area contributed by atoms with Crippen molar-refractivity contribution in [2.75, 3.05) is 0 Å². The maximum absolute atomic E-state index is 4.66. The summed E-state index contributed by atoms with van der Waals surface area (Å²) in [4.78, 5) is 6.05. The van der Waals surface area contributed by atoms with E-state index in [0.29, 0.717) is 5.92 Å². The SMILES string of the molecule is c1ccc2c(c1)CC(c1ncc(CNC3CC3)s1)C2. The second kappa shape index (κ2) is 4.73. The number of nitrogens with one attached hydrogen (secondary N) is 1. The molecule has 0 amide bonds. The van der Waals surface area contributed by atoms with E-state index in [9.17, 15) is 0 Å². The van der Waals surface area contributed by atoms with Gasteiger partial charge in [0.1, 0.15) is 0 Å². The standard InChI is InChI=1S/C16H18N2S/c1-2-4-12-8-13(7-11(12)3-1)16-18-10-15(19-16)9-17-14-5-6-14/h1-4,10,13-14,17H,5-9H2. The van der Waals surface area contributed by atoms with Crippen LogP contribution in [0.3, 0.4) is 0 Å². The van der Waals surface area contributed by atoms with Crippen molar-refractivity contribution in [2.24, 2.45) is 0 Å². The average Bonchev–Trinajstić information content (AvgIpc) is 2.99. The Morgan fingerprint density at radius 3 is 2.58 bits per heavy atom. The number of rotatable bonds is 4. The topological polar surface area (TPSA) is 24.9 Å². The third-order valence-electron chi connectivity index (χ3n) is 4.11. The number of thiazole rings is 1. The lowest BCUT2D eigenvalue weighted by Crippen LogP contribution is -2.14. The molecule has 0 bridgehead atoms. The molecule has 0 spiro atoms. The Kier molecular flexibility index (Phi) is 2.89. The third-order valence-corrected chi connectivity index (χ3v) is 5.27. The molecule has 1 aromatic heterocycles. The third kappa shape index (κ3) is 2.45. The van der Waals surface area contributed by atoms with Crippen molar-refractivity contribution < 1.29 is 0 Å². The molecule has 2 aromatic rings. The maximum atomic E-state index is 4.66. The largest absolute Gasteiger partial charge is 0.309 e. The summed E-state index contributed by atoms with van der Waals surface area (Å²) < 4.78 is 0. The van der Waals surface area contributed by atoms with E-state index in [1.807, 2.05) is 11.3 Å². The Morgan fingerprint density at radius 1 is 1.16 bits per heavy atom. The zero-order chi connectivity index (χ0) is 12.7. The van der Waals surface area contributed by atoms with Gasteiger partial charge in [-0.25, -0.2) is 4.98 Å². The zero-order valence-electron chi connectivity index (χ0n) is 10.9. The predicted octanol–water partition coefficient (Wildman–Crippen LogP) is 3.28. The monoisotopic (exact) mass is 270 g/mol. The van der Waals surface area contributed by atoms with Gasteiger partial charge in [-0.3, -0.25) is 0 Å². The predicted molar refractivity (Wildman–Crippen MR) is 78.6 cm³/mol. The van der Waals surface area contributed by atoms with E-state index in [0.717, 1.165) is 12.6 Å². The molecule has 19 heavy (non-hydrogen) atoms. The van der Waals surface area contributed by atoms with E-state index in [4.69, 9.17) is 0 Å². The van der Waals surface area contributed by atoms with Crippen molar-refractivity contribution >= 4 is 11.3 Å². The van der Waals surface area contributed by atoms with Gasteiger partial charge in [0.05, 0.1) is 5.01 Å². The molecule has 1 aromatic carbocycles. The summed E-state index contributed by atoms with van der Waals surface area (Å²) in [6.45, 7) is 1.00. The van der Waals surface area contributed by atoms with E-state index in [1.165, 1.54) is 46.7 Å². The van der Waals surface area contributed by atoms with Gasteiger partial charge in [-0.15, -0.1) is 11.3 Å². The van der Waals surface area contributed by atoms with Gasteiger partial charge in [-0.1, -0.05) is 24.3 Å². The Balaban J connectivity index is 1.45. The molecule has 2 aliphatic carbocycles. The fourth-order valence-corrected chi connectivity index (χ4v) is 3.83. The fourth-order valence-electron chi connectivity index (χ4n) is 2.86. The summed E-state index contributed by atoms with van der Waals surface area (Å²) in [6, 6.07) is 9.60. The molecular formula is C16H18N2S. The number of nitrogens with zero attached hydrogens (tertiary/aromatic N) is 1. The molecule has 0 unspecified atom stereocenters. The van der Waals surface area contributed by atoms with E-state index in [2.05, 4.69) is 40.8 Å². The Bertz CT molecular complexity index is 561. The Labute approximate surface area is 117 Å². The molecule has 1 saturated carbocycles. The first-order valence-corrected chi connectivity index (χ1v) is 7.95. The van der Waals surface area contributed by atoms with Crippen LogP contribution in [0.2, 0.25) is 0 Å². The van der Waals surface area contributed by atoms with Gasteiger partial charge in [0.15, 0.2) is 0 Å². The molecule has 3 heteroatoms. The first-order valence-electron chi connectivity index (χ1n) is 7.13. The first-order chi connectivity index (χ1) is 9.38. The molecule has 0 atom stereocenters. The van der Waals surface area contributed by atoms with Crippen LogP contribution in [0.1, 0.15) is 39.8 Å². The number of hydrogen-bond acceptors (Lipinski definition) is 3. The Morgan fingerprint density at radius 2 is 1.89 bits per heavy atom. The first kappa shape index (κ1) is 11.6. The van der Waals surface area contributed by atoms with Gasteiger partial charge in [0.2, 0.25) is 0 Å². The summed E-state index contributed by atoms with van der Waals surface area (Å²) in [5, 5.41) is 4.89. The molecule has 0 radical (unpaired) electrons. The summed E-state index contributed by atoms with van der Waals surface area (Å²) in [6.07, 6.45) is 7.10. The molecule has 4 rings (SSSR count). The van der Waals surface area contributed by atoms with Crippen LogP contribution >= 0.6 is 11.3 Å². The summed E-state index contributed by atoms with van der Waals surface area (Å²) in [7, 11) is 0. The highest BCUT2D eigenvalue weighted by Crippen LogP contribution is 2.35. The second-order valence-electron chi connectivity index (χ2n) is 5.69. The fraction of sp³-hybridized carbons (Fsp3) is 0.438. The van der Waals surface area contributed by atoms with Gasteiger partial charge < -0.3 is 5.32 Å². The van der Waals surface area contributed by atoms with Gasteiger partial charge >= 0.3 is 0 Å². The minimum absolute atomic E-state index is 0.608. The van der Waals surface area contributed by atoms with Gasteiger partial charge in [0, 0.05) is 29.6 Å². The minimum Gasteiger partial charge on any atom is -0.309 e. The van der Waals surface area contributed by atoms with Crippen LogP contribution < -0.4 is 5.32 Å². The van der Waals surface area contributed by atoms with E-state index in [1.54, 1.807) is 0 Å². The van der Waals surface area contributed by atoms with Gasteiger partial charge in [-0.2, -0.15) is 0 Å². The highest BCUT2D eigenvalue weighted by molar-refractivity contribution is 7.11. The second-order valence-corrected chi connectivity index (χ2v) is 6.84. The number of hydrogen-bond donors (Lipinski definition) is 1. The molecule has 0 aliphatic heterocycles. The van der Waals surface area contributed by atoms with Crippen molar-refractivity contribution in [1.82, 2.24) is 10.3 Å². The van der Waals surface area contributed by atoms with Crippen molar-refractivity contribution in [2.45, 2.75) is 44.2 Å². The molecule has 0 saturated heterocycles. The van der Waals surface area contributed by atoms with Crippen molar-refractivity contribution in [1.29, 1.82) is 0 Å². The van der Waals surface area contributed by atoms with E-state index in [-0.39, 0.29) is 0 Å². The van der Waals surface area contributed by atoms with Crippen LogP contribution in [0.25, 0.3) is 0 Å². The zero-order valence-corrected chi connectivity index (χ0v) is 11.7. The van der Waals surface area contributed by atoms with Crippen LogP contribution in [0, 0.1) is 0 Å². The summed E-state index contributed by atoms with van der Waals surface area (Å²) in [5.74, 6) is 0.608. The molecule has 2 nitrogen and oxygen atoms in total. The summed E-state index contributed by atoms with van der Waals surface area (Å²) in [5.41, 5.74) is 3.03. The highest BCUT2D eigenvalue weighted by atomic mass is 32.1. The molecule has 2 aliphatic rings. The van der Waals surface area contributed by atoms with Crippen molar-refractivity contribution in [3.63, 3.8) is 0 Å². The normalized spacial score (nSPS) is 18.7. The van der Waals surface area contributed by atoms with Crippen LogP contribution in [0.5, 0.6) is 0 Å². The van der Waals surface area contributed by atoms with Crippen molar-refractivity contribution in [3.05, 3.63) is 51.5 Å². The van der Waals surface area contributed by atoms with Crippen LogP contribution in [0.4, 0.5) is 0 Å². The Hall–Kier alpha value is -1.19. The summed E-state index contributed by atoms with van der Waals surface area (Å²) >= 11 is 1.90. The number of benzene rings is 1. The molecule has 1 fully saturated rings. The van der Waals surface area contributed by atoms with E-state index >= 15 is 0 Å². The van der Waals surface area contributed by atoms with Gasteiger partial charge in [-0.05, 0) is 36.8 Å². The lowest BCUT2D eigenvalue weighted by atomic mass is 10.1. The lowest BCUT2D eigenvalue weighted by Gasteiger charge is -2.03. The van der Waals surface area contributed by atoms with Gasteiger partial charge in [0.25, 0.3) is 0 Å². The van der Waals surface area contributed by atoms with E-state index < -0.39 is 0 Å². The van der Waals surface area contributed by atoms with Crippen LogP contribution in [-0.4, -0.2) is 11.0 Å². The minimum atomic E-state index is 0.608. The molecular weight excluding hydrogens is 252 g/mol. The van der Waals surface area contributed by atoms with Crippen molar-refractivity contribution in [3.8, 4) is 0 Å². The quantitative estimate of drug-likeness (QED) is 0.922. The highest BCUT2D eigenvalue weighted by Gasteiger charge is 2.25. The molecule has 98 valence electrons. The van der Waals surface area contributed by atoms with Crippen LogP contribution in [0.15, 0.2) is 30.5 Å². The molecule has 1 heterocycles. The maximum Gasteiger partial charge on any atom is 0.0965 e. The molecule has 1 N–H and O–H groups in total.